The SMILES string of the molecule is CCCOCc1ccccc1CNC(=O)C1CC2CCCC(C1)C2N. The van der Waals surface area contributed by atoms with Crippen LogP contribution in [0.4, 0.5) is 0 Å². The Labute approximate surface area is 151 Å². The lowest BCUT2D eigenvalue weighted by atomic mass is 9.65. The fraction of sp³-hybridized carbons (Fsp3) is 0.667. The van der Waals surface area contributed by atoms with Crippen molar-refractivity contribution in [2.24, 2.45) is 23.5 Å². The summed E-state index contributed by atoms with van der Waals surface area (Å²) in [6.07, 6.45) is 6.61. The third-order valence-electron chi connectivity index (χ3n) is 5.96. The second-order valence-corrected chi connectivity index (χ2v) is 7.74. The summed E-state index contributed by atoms with van der Waals surface area (Å²) in [6, 6.07) is 8.53. The number of benzene rings is 1. The third-order valence-corrected chi connectivity index (χ3v) is 5.96. The molecule has 2 saturated carbocycles. The quantitative estimate of drug-likeness (QED) is 0.745. The highest BCUT2D eigenvalue weighted by atomic mass is 16.5. The van der Waals surface area contributed by atoms with Crippen molar-refractivity contribution in [3.8, 4) is 0 Å². The smallest absolute Gasteiger partial charge is 0.223 e. The summed E-state index contributed by atoms with van der Waals surface area (Å²) in [5.41, 5.74) is 8.66. The molecule has 3 rings (SSSR count). The van der Waals surface area contributed by atoms with Gasteiger partial charge in [-0.15, -0.1) is 0 Å². The number of hydrogen-bond donors (Lipinski definition) is 2. The van der Waals surface area contributed by atoms with Crippen LogP contribution in [0, 0.1) is 17.8 Å². The van der Waals surface area contributed by atoms with Gasteiger partial charge in [-0.2, -0.15) is 0 Å². The Morgan fingerprint density at radius 3 is 2.56 bits per heavy atom. The van der Waals surface area contributed by atoms with Gasteiger partial charge in [-0.25, -0.2) is 0 Å². The highest BCUT2D eigenvalue weighted by Gasteiger charge is 2.40. The highest BCUT2D eigenvalue weighted by molar-refractivity contribution is 5.78. The molecule has 2 fully saturated rings. The first kappa shape index (κ1) is 18.4. The Kier molecular flexibility index (Phi) is 6.49. The second-order valence-electron chi connectivity index (χ2n) is 7.74. The lowest BCUT2D eigenvalue weighted by molar-refractivity contribution is -0.128. The number of hydrogen-bond acceptors (Lipinski definition) is 3. The summed E-state index contributed by atoms with van der Waals surface area (Å²) in [4.78, 5) is 12.7. The zero-order chi connectivity index (χ0) is 17.6. The molecule has 4 heteroatoms. The molecule has 0 spiro atoms. The van der Waals surface area contributed by atoms with Gasteiger partial charge in [0.1, 0.15) is 0 Å². The van der Waals surface area contributed by atoms with Crippen molar-refractivity contribution >= 4 is 5.91 Å². The molecule has 2 bridgehead atoms. The van der Waals surface area contributed by atoms with Crippen LogP contribution in [0.25, 0.3) is 0 Å². The molecule has 2 atom stereocenters. The Balaban J connectivity index is 1.54. The molecule has 1 aromatic rings. The minimum Gasteiger partial charge on any atom is -0.377 e. The monoisotopic (exact) mass is 344 g/mol. The van der Waals surface area contributed by atoms with E-state index in [-0.39, 0.29) is 11.8 Å². The van der Waals surface area contributed by atoms with Gasteiger partial charge in [0, 0.05) is 25.1 Å². The zero-order valence-electron chi connectivity index (χ0n) is 15.4. The van der Waals surface area contributed by atoms with E-state index in [2.05, 4.69) is 24.4 Å². The molecule has 3 N–H and O–H groups in total. The van der Waals surface area contributed by atoms with E-state index in [0.29, 0.717) is 31.0 Å². The molecule has 1 aromatic carbocycles. The third kappa shape index (κ3) is 4.62. The number of carbonyl (C=O) groups is 1. The largest absolute Gasteiger partial charge is 0.377 e. The first-order valence-electron chi connectivity index (χ1n) is 9.86. The van der Waals surface area contributed by atoms with Gasteiger partial charge >= 0.3 is 0 Å². The number of carbonyl (C=O) groups excluding carboxylic acids is 1. The lowest BCUT2D eigenvalue weighted by Gasteiger charge is -2.43. The summed E-state index contributed by atoms with van der Waals surface area (Å²) in [7, 11) is 0. The van der Waals surface area contributed by atoms with Gasteiger partial charge in [-0.05, 0) is 55.1 Å². The van der Waals surface area contributed by atoms with Crippen LogP contribution in [0.3, 0.4) is 0 Å². The van der Waals surface area contributed by atoms with Crippen molar-refractivity contribution in [2.45, 2.75) is 64.6 Å². The van der Waals surface area contributed by atoms with Crippen LogP contribution in [0.5, 0.6) is 0 Å². The average Bonchev–Trinajstić information content (AvgIpc) is 2.60. The highest BCUT2D eigenvalue weighted by Crippen LogP contribution is 2.41. The van der Waals surface area contributed by atoms with Gasteiger partial charge in [0.15, 0.2) is 0 Å². The lowest BCUT2D eigenvalue weighted by Crippen LogP contribution is -2.49. The molecule has 138 valence electrons. The first-order valence-corrected chi connectivity index (χ1v) is 9.86. The summed E-state index contributed by atoms with van der Waals surface area (Å²) < 4.78 is 5.67. The summed E-state index contributed by atoms with van der Waals surface area (Å²) in [5, 5.41) is 3.17. The van der Waals surface area contributed by atoms with Crippen molar-refractivity contribution in [1.82, 2.24) is 5.32 Å². The van der Waals surface area contributed by atoms with Gasteiger partial charge in [0.25, 0.3) is 0 Å². The van der Waals surface area contributed by atoms with Crippen LogP contribution in [0.1, 0.15) is 56.6 Å². The topological polar surface area (TPSA) is 64.3 Å². The summed E-state index contributed by atoms with van der Waals surface area (Å²) in [6.45, 7) is 4.08. The van der Waals surface area contributed by atoms with Gasteiger partial charge in [-0.1, -0.05) is 37.6 Å². The van der Waals surface area contributed by atoms with Crippen LogP contribution in [0.2, 0.25) is 0 Å². The zero-order valence-corrected chi connectivity index (χ0v) is 15.4. The minimum atomic E-state index is 0.138. The molecular weight excluding hydrogens is 312 g/mol. The van der Waals surface area contributed by atoms with E-state index in [1.807, 2.05) is 12.1 Å². The number of nitrogens with one attached hydrogen (secondary N) is 1. The molecule has 0 saturated heterocycles. The minimum absolute atomic E-state index is 0.138. The van der Waals surface area contributed by atoms with Crippen molar-refractivity contribution < 1.29 is 9.53 Å². The Bertz CT molecular complexity index is 561. The van der Waals surface area contributed by atoms with E-state index in [0.717, 1.165) is 31.4 Å². The Hall–Kier alpha value is -1.39. The maximum Gasteiger partial charge on any atom is 0.223 e. The molecule has 2 aliphatic carbocycles. The van der Waals surface area contributed by atoms with E-state index in [1.165, 1.54) is 24.8 Å². The summed E-state index contributed by atoms with van der Waals surface area (Å²) in [5.74, 6) is 1.42. The maximum atomic E-state index is 12.7. The van der Waals surface area contributed by atoms with Crippen molar-refractivity contribution in [1.29, 1.82) is 0 Å². The number of rotatable bonds is 7. The van der Waals surface area contributed by atoms with E-state index in [9.17, 15) is 4.79 Å². The Morgan fingerprint density at radius 1 is 1.20 bits per heavy atom. The first-order chi connectivity index (χ1) is 12.2. The predicted octanol–water partition coefficient (Wildman–Crippen LogP) is 3.38. The molecular formula is C21H32N2O2. The number of ether oxygens (including phenoxy) is 1. The van der Waals surface area contributed by atoms with Crippen LogP contribution in [-0.2, 0) is 22.7 Å². The van der Waals surface area contributed by atoms with E-state index in [1.54, 1.807) is 0 Å². The van der Waals surface area contributed by atoms with Crippen LogP contribution in [0.15, 0.2) is 24.3 Å². The van der Waals surface area contributed by atoms with Gasteiger partial charge in [0.2, 0.25) is 5.91 Å². The second kappa shape index (κ2) is 8.81. The standard InChI is InChI=1S/C21H32N2O2/c1-2-10-25-14-18-7-4-3-6-17(18)13-23-21(24)19-11-15-8-5-9-16(12-19)20(15)22/h3-4,6-7,15-16,19-20H,2,5,8-14,22H2,1H3,(H,23,24). The molecule has 1 amide bonds. The maximum absolute atomic E-state index is 12.7. The molecule has 0 heterocycles. The fourth-order valence-electron chi connectivity index (χ4n) is 4.53. The van der Waals surface area contributed by atoms with Crippen molar-refractivity contribution in [3.63, 3.8) is 0 Å². The molecule has 0 aliphatic heterocycles. The molecule has 2 unspecified atom stereocenters. The normalized spacial score (nSPS) is 28.6. The van der Waals surface area contributed by atoms with E-state index in [4.69, 9.17) is 10.5 Å². The average molecular weight is 344 g/mol. The van der Waals surface area contributed by atoms with E-state index >= 15 is 0 Å². The fourth-order valence-corrected chi connectivity index (χ4v) is 4.53. The molecule has 0 radical (unpaired) electrons. The van der Waals surface area contributed by atoms with Crippen LogP contribution in [-0.4, -0.2) is 18.6 Å². The van der Waals surface area contributed by atoms with Crippen molar-refractivity contribution in [2.75, 3.05) is 6.61 Å². The van der Waals surface area contributed by atoms with Crippen LogP contribution >= 0.6 is 0 Å². The molecule has 4 nitrogen and oxygen atoms in total. The van der Waals surface area contributed by atoms with E-state index < -0.39 is 0 Å². The predicted molar refractivity (Wildman–Crippen MR) is 99.8 cm³/mol. The molecule has 2 aliphatic rings. The number of fused-ring (bicyclic) bond motifs is 2. The molecule has 25 heavy (non-hydrogen) atoms. The van der Waals surface area contributed by atoms with Gasteiger partial charge in [0.05, 0.1) is 6.61 Å². The Morgan fingerprint density at radius 2 is 1.88 bits per heavy atom. The number of amides is 1. The number of nitrogens with two attached hydrogens (primary N) is 1. The van der Waals surface area contributed by atoms with Crippen LogP contribution < -0.4 is 11.1 Å². The molecule has 0 aromatic heterocycles. The summed E-state index contributed by atoms with van der Waals surface area (Å²) >= 11 is 0. The van der Waals surface area contributed by atoms with Crippen molar-refractivity contribution in [3.05, 3.63) is 35.4 Å². The van der Waals surface area contributed by atoms with Gasteiger partial charge in [-0.3, -0.25) is 4.79 Å². The van der Waals surface area contributed by atoms with Gasteiger partial charge < -0.3 is 15.8 Å².